The monoisotopic (exact) mass is 406 g/mol. The largest absolute Gasteiger partial charge is 0.424 e. The maximum absolute atomic E-state index is 11.3. The van der Waals surface area contributed by atoms with Crippen molar-refractivity contribution in [3.05, 3.63) is 54.0 Å². The lowest BCUT2D eigenvalue weighted by molar-refractivity contribution is -0.134. The van der Waals surface area contributed by atoms with Crippen LogP contribution >= 0.6 is 0 Å². The Balaban J connectivity index is 1.92. The van der Waals surface area contributed by atoms with Crippen molar-refractivity contribution in [2.45, 2.75) is 20.8 Å². The van der Waals surface area contributed by atoms with Gasteiger partial charge in [-0.05, 0) is 29.8 Å². The van der Waals surface area contributed by atoms with Crippen LogP contribution in [0.4, 0.5) is 0 Å². The summed E-state index contributed by atoms with van der Waals surface area (Å²) in [5, 5.41) is 0.730. The van der Waals surface area contributed by atoms with Gasteiger partial charge in [-0.25, -0.2) is 9.97 Å². The molecule has 0 fully saturated rings. The Hall–Kier alpha value is -4.07. The van der Waals surface area contributed by atoms with E-state index in [-0.39, 0.29) is 11.5 Å². The first kappa shape index (κ1) is 20.7. The van der Waals surface area contributed by atoms with E-state index in [1.54, 1.807) is 42.6 Å². The lowest BCUT2D eigenvalue weighted by Crippen LogP contribution is -2.07. The highest BCUT2D eigenvalue weighted by Gasteiger charge is 2.11. The number of hydrogen-bond donors (Lipinski definition) is 0. The van der Waals surface area contributed by atoms with Crippen molar-refractivity contribution in [1.82, 2.24) is 9.97 Å². The molecule has 0 radical (unpaired) electrons. The molecule has 1 heterocycles. The summed E-state index contributed by atoms with van der Waals surface area (Å²) >= 11 is 0. The molecule has 152 valence electrons. The normalized spacial score (nSPS) is 10.8. The van der Waals surface area contributed by atoms with E-state index in [1.807, 2.05) is 6.07 Å². The van der Waals surface area contributed by atoms with E-state index in [9.17, 15) is 14.4 Å². The second-order valence-corrected chi connectivity index (χ2v) is 6.24. The first-order valence-corrected chi connectivity index (χ1v) is 8.95. The Morgan fingerprint density at radius 2 is 1.47 bits per heavy atom. The first-order chi connectivity index (χ1) is 14.3. The lowest BCUT2D eigenvalue weighted by Gasteiger charge is -2.09. The Morgan fingerprint density at radius 1 is 0.800 bits per heavy atom. The Kier molecular flexibility index (Phi) is 6.17. The van der Waals surface area contributed by atoms with Gasteiger partial charge < -0.3 is 14.2 Å². The van der Waals surface area contributed by atoms with E-state index in [1.165, 1.54) is 26.8 Å². The number of carbonyl (C=O) groups is 3. The molecule has 3 aromatic rings. The number of aromatic nitrogens is 2. The smallest absolute Gasteiger partial charge is 0.308 e. The van der Waals surface area contributed by atoms with Crippen molar-refractivity contribution in [2.24, 2.45) is 0 Å². The van der Waals surface area contributed by atoms with Gasteiger partial charge in [0.15, 0.2) is 23.1 Å². The van der Waals surface area contributed by atoms with Gasteiger partial charge in [-0.1, -0.05) is 24.3 Å². The van der Waals surface area contributed by atoms with Crippen LogP contribution in [0.25, 0.3) is 23.1 Å². The van der Waals surface area contributed by atoms with Crippen LogP contribution in [0.1, 0.15) is 32.2 Å². The molecule has 0 saturated carbocycles. The average molecular weight is 406 g/mol. The highest BCUT2D eigenvalue weighted by molar-refractivity contribution is 5.87. The number of carbonyl (C=O) groups excluding carboxylic acids is 3. The molecule has 0 spiro atoms. The molecular weight excluding hydrogens is 388 g/mol. The summed E-state index contributed by atoms with van der Waals surface area (Å²) in [4.78, 5) is 42.6. The molecule has 0 atom stereocenters. The molecule has 30 heavy (non-hydrogen) atoms. The molecule has 3 rings (SSSR count). The fourth-order valence-corrected chi connectivity index (χ4v) is 2.63. The van der Waals surface area contributed by atoms with Crippen molar-refractivity contribution in [3.8, 4) is 17.2 Å². The zero-order valence-corrected chi connectivity index (χ0v) is 16.5. The minimum absolute atomic E-state index is 0.122. The maximum atomic E-state index is 11.3. The third kappa shape index (κ3) is 5.26. The molecule has 0 unspecified atom stereocenters. The fraction of sp³-hybridized carbons (Fsp3) is 0.136. The van der Waals surface area contributed by atoms with Crippen LogP contribution < -0.4 is 14.2 Å². The summed E-state index contributed by atoms with van der Waals surface area (Å²) in [5.74, 6) is -0.510. The van der Waals surface area contributed by atoms with E-state index in [2.05, 4.69) is 9.97 Å². The number of benzene rings is 2. The van der Waals surface area contributed by atoms with Crippen molar-refractivity contribution < 1.29 is 28.6 Å². The molecule has 8 nitrogen and oxygen atoms in total. The van der Waals surface area contributed by atoms with Crippen LogP contribution in [-0.2, 0) is 14.4 Å². The topological polar surface area (TPSA) is 105 Å². The number of esters is 3. The Bertz CT molecular complexity index is 1170. The maximum Gasteiger partial charge on any atom is 0.308 e. The molecule has 0 aliphatic rings. The van der Waals surface area contributed by atoms with Gasteiger partial charge in [-0.2, -0.15) is 0 Å². The zero-order valence-electron chi connectivity index (χ0n) is 16.5. The standard InChI is InChI=1S/C22H18N2O6/c1-13(25)28-18-9-7-16(11-20(18)30-15(3)27)8-10-21-23-12-17-5-4-6-19(22(17)24-21)29-14(2)26/h4-12H,1-3H3/b10-8+. The predicted octanol–water partition coefficient (Wildman–Crippen LogP) is 3.58. The van der Waals surface area contributed by atoms with Crippen molar-refractivity contribution in [1.29, 1.82) is 0 Å². The number of rotatable bonds is 5. The molecule has 2 aromatic carbocycles. The number of hydrogen-bond acceptors (Lipinski definition) is 8. The van der Waals surface area contributed by atoms with E-state index in [0.717, 1.165) is 5.39 Å². The van der Waals surface area contributed by atoms with Crippen LogP contribution in [0.15, 0.2) is 42.6 Å². The Morgan fingerprint density at radius 3 is 2.17 bits per heavy atom. The van der Waals surface area contributed by atoms with Crippen LogP contribution in [0.5, 0.6) is 17.2 Å². The van der Waals surface area contributed by atoms with Gasteiger partial charge in [0, 0.05) is 32.4 Å². The van der Waals surface area contributed by atoms with Gasteiger partial charge in [-0.15, -0.1) is 0 Å². The summed E-state index contributed by atoms with van der Waals surface area (Å²) in [6.07, 6.45) is 4.99. The summed E-state index contributed by atoms with van der Waals surface area (Å²) in [6.45, 7) is 3.83. The van der Waals surface area contributed by atoms with Crippen LogP contribution in [-0.4, -0.2) is 27.9 Å². The molecule has 0 bridgehead atoms. The number of nitrogens with zero attached hydrogens (tertiary/aromatic N) is 2. The highest BCUT2D eigenvalue weighted by Crippen LogP contribution is 2.30. The summed E-state index contributed by atoms with van der Waals surface area (Å²) in [7, 11) is 0. The second kappa shape index (κ2) is 8.95. The molecule has 0 saturated heterocycles. The van der Waals surface area contributed by atoms with Crippen molar-refractivity contribution in [2.75, 3.05) is 0 Å². The SMILES string of the molecule is CC(=O)Oc1ccc(/C=C/c2ncc3cccc(OC(C)=O)c3n2)cc1OC(C)=O. The molecule has 0 aliphatic carbocycles. The van der Waals surface area contributed by atoms with E-state index in [4.69, 9.17) is 14.2 Å². The third-order valence-corrected chi connectivity index (χ3v) is 3.75. The van der Waals surface area contributed by atoms with Gasteiger partial charge in [-0.3, -0.25) is 14.4 Å². The van der Waals surface area contributed by atoms with Crippen LogP contribution in [0.3, 0.4) is 0 Å². The summed E-state index contributed by atoms with van der Waals surface area (Å²) < 4.78 is 15.4. The predicted molar refractivity (Wildman–Crippen MR) is 109 cm³/mol. The molecular formula is C22H18N2O6. The third-order valence-electron chi connectivity index (χ3n) is 3.75. The summed E-state index contributed by atoms with van der Waals surface area (Å²) in [6, 6.07) is 9.99. The van der Waals surface area contributed by atoms with E-state index >= 15 is 0 Å². The first-order valence-electron chi connectivity index (χ1n) is 8.95. The number of para-hydroxylation sites is 1. The van der Waals surface area contributed by atoms with E-state index in [0.29, 0.717) is 22.7 Å². The number of fused-ring (bicyclic) bond motifs is 1. The van der Waals surface area contributed by atoms with E-state index < -0.39 is 17.9 Å². The molecule has 0 N–H and O–H groups in total. The second-order valence-electron chi connectivity index (χ2n) is 6.24. The van der Waals surface area contributed by atoms with Gasteiger partial charge in [0.25, 0.3) is 0 Å². The fourth-order valence-electron chi connectivity index (χ4n) is 2.63. The Labute approximate surface area is 172 Å². The minimum atomic E-state index is -0.541. The van der Waals surface area contributed by atoms with Crippen molar-refractivity contribution >= 4 is 41.0 Å². The van der Waals surface area contributed by atoms with Gasteiger partial charge >= 0.3 is 17.9 Å². The quantitative estimate of drug-likeness (QED) is 0.468. The van der Waals surface area contributed by atoms with Crippen LogP contribution in [0.2, 0.25) is 0 Å². The van der Waals surface area contributed by atoms with Gasteiger partial charge in [0.05, 0.1) is 0 Å². The van der Waals surface area contributed by atoms with Gasteiger partial charge in [0.1, 0.15) is 5.52 Å². The number of ether oxygens (including phenoxy) is 3. The summed E-state index contributed by atoms with van der Waals surface area (Å²) in [5.41, 5.74) is 1.17. The van der Waals surface area contributed by atoms with Gasteiger partial charge in [0.2, 0.25) is 0 Å². The molecule has 8 heteroatoms. The van der Waals surface area contributed by atoms with Crippen molar-refractivity contribution in [3.63, 3.8) is 0 Å². The zero-order chi connectivity index (χ0) is 21.7. The molecule has 1 aromatic heterocycles. The molecule has 0 amide bonds. The lowest BCUT2D eigenvalue weighted by atomic mass is 10.2. The highest BCUT2D eigenvalue weighted by atomic mass is 16.6. The molecule has 0 aliphatic heterocycles. The minimum Gasteiger partial charge on any atom is -0.424 e. The average Bonchev–Trinajstić information content (AvgIpc) is 2.67. The van der Waals surface area contributed by atoms with Crippen LogP contribution in [0, 0.1) is 0 Å².